The van der Waals surface area contributed by atoms with Gasteiger partial charge in [-0.25, -0.2) is 0 Å². The maximum atomic E-state index is 3.97. The van der Waals surface area contributed by atoms with Crippen LogP contribution < -0.4 is 0 Å². The van der Waals surface area contributed by atoms with Gasteiger partial charge in [0.05, 0.1) is 0 Å². The second-order valence-electron chi connectivity index (χ2n) is 6.31. The van der Waals surface area contributed by atoms with Crippen LogP contribution >= 0.6 is 0 Å². The SMILES string of the molecule is C=CC1CC2CC1C=C2C=C1CC2C=CC1C2. The highest BCUT2D eigenvalue weighted by molar-refractivity contribution is 5.38. The monoisotopic (exact) mass is 224 g/mol. The Morgan fingerprint density at radius 3 is 2.71 bits per heavy atom. The Balaban J connectivity index is 1.59. The van der Waals surface area contributed by atoms with Gasteiger partial charge in [0, 0.05) is 0 Å². The van der Waals surface area contributed by atoms with E-state index in [1.165, 1.54) is 25.7 Å². The van der Waals surface area contributed by atoms with Gasteiger partial charge in [-0.15, -0.1) is 6.58 Å². The molecule has 0 saturated heterocycles. The zero-order valence-corrected chi connectivity index (χ0v) is 10.3. The lowest BCUT2D eigenvalue weighted by molar-refractivity contribution is 0.545. The average molecular weight is 224 g/mol. The summed E-state index contributed by atoms with van der Waals surface area (Å²) in [7, 11) is 0. The number of hydrogen-bond acceptors (Lipinski definition) is 0. The Morgan fingerprint density at radius 1 is 1.18 bits per heavy atom. The lowest BCUT2D eigenvalue weighted by Crippen LogP contribution is -2.06. The fourth-order valence-electron chi connectivity index (χ4n) is 4.42. The summed E-state index contributed by atoms with van der Waals surface area (Å²) in [6, 6.07) is 0. The van der Waals surface area contributed by atoms with E-state index < -0.39 is 0 Å². The number of hydrogen-bond donors (Lipinski definition) is 0. The Bertz CT molecular complexity index is 449. The van der Waals surface area contributed by atoms with Gasteiger partial charge in [0.25, 0.3) is 0 Å². The van der Waals surface area contributed by atoms with E-state index in [0.29, 0.717) is 0 Å². The van der Waals surface area contributed by atoms with Gasteiger partial charge in [-0.2, -0.15) is 0 Å². The van der Waals surface area contributed by atoms with Gasteiger partial charge in [-0.05, 0) is 60.8 Å². The molecule has 0 amide bonds. The maximum Gasteiger partial charge on any atom is -0.00140 e. The molecule has 0 aliphatic heterocycles. The van der Waals surface area contributed by atoms with Crippen LogP contribution in [0.5, 0.6) is 0 Å². The van der Waals surface area contributed by atoms with E-state index in [1.54, 1.807) is 11.1 Å². The molecular weight excluding hydrogens is 204 g/mol. The van der Waals surface area contributed by atoms with Crippen LogP contribution in [0.2, 0.25) is 0 Å². The lowest BCUT2D eigenvalue weighted by atomic mass is 9.87. The van der Waals surface area contributed by atoms with Crippen LogP contribution in [0, 0.1) is 29.6 Å². The topological polar surface area (TPSA) is 0 Å². The molecule has 5 unspecified atom stereocenters. The van der Waals surface area contributed by atoms with Crippen molar-refractivity contribution < 1.29 is 0 Å². The van der Waals surface area contributed by atoms with Crippen molar-refractivity contribution in [3.8, 4) is 0 Å². The molecule has 2 saturated carbocycles. The average Bonchev–Trinajstić information content (AvgIpc) is 3.07. The van der Waals surface area contributed by atoms with Gasteiger partial charge in [0.1, 0.15) is 0 Å². The predicted octanol–water partition coefficient (Wildman–Crippen LogP) is 4.28. The molecule has 0 nitrogen and oxygen atoms in total. The van der Waals surface area contributed by atoms with Crippen molar-refractivity contribution >= 4 is 0 Å². The molecule has 0 heterocycles. The summed E-state index contributed by atoms with van der Waals surface area (Å²) in [5, 5.41) is 0. The fraction of sp³-hybridized carbons (Fsp3) is 0.529. The van der Waals surface area contributed by atoms with Gasteiger partial charge in [-0.1, -0.05) is 36.0 Å². The predicted molar refractivity (Wildman–Crippen MR) is 71.4 cm³/mol. The van der Waals surface area contributed by atoms with Gasteiger partial charge in [-0.3, -0.25) is 0 Å². The van der Waals surface area contributed by atoms with E-state index in [1.807, 2.05) is 0 Å². The maximum absolute atomic E-state index is 3.97. The van der Waals surface area contributed by atoms with Crippen LogP contribution in [-0.4, -0.2) is 0 Å². The van der Waals surface area contributed by atoms with Gasteiger partial charge >= 0.3 is 0 Å². The Morgan fingerprint density at radius 2 is 2.12 bits per heavy atom. The first kappa shape index (κ1) is 9.94. The minimum Gasteiger partial charge on any atom is -0.103 e. The van der Waals surface area contributed by atoms with Crippen LogP contribution in [0.25, 0.3) is 0 Å². The fourth-order valence-corrected chi connectivity index (χ4v) is 4.42. The summed E-state index contributed by atoms with van der Waals surface area (Å²) < 4.78 is 0. The Hall–Kier alpha value is -1.04. The molecule has 4 aliphatic carbocycles. The zero-order chi connectivity index (χ0) is 11.4. The normalized spacial score (nSPS) is 48.1. The third-order valence-corrected chi connectivity index (χ3v) is 5.34. The summed E-state index contributed by atoms with van der Waals surface area (Å²) in [5.41, 5.74) is 3.37. The molecule has 0 spiro atoms. The molecule has 4 bridgehead atoms. The van der Waals surface area contributed by atoms with Gasteiger partial charge < -0.3 is 0 Å². The summed E-state index contributed by atoms with van der Waals surface area (Å²) in [6.45, 7) is 3.97. The standard InChI is InChI=1S/C17H20/c1-2-12-7-16-9-15(12)10-17(16)8-14-6-11-3-4-13(14)5-11/h2-4,8,10-13,15-16H,1,5-7,9H2. The molecule has 0 aromatic heterocycles. The smallest absolute Gasteiger partial charge is 0.00140 e. The number of fused-ring (bicyclic) bond motifs is 4. The minimum atomic E-state index is 0.766. The Kier molecular flexibility index (Phi) is 2.03. The molecule has 0 aromatic carbocycles. The summed E-state index contributed by atoms with van der Waals surface area (Å²) in [5.74, 6) is 4.07. The van der Waals surface area contributed by atoms with E-state index >= 15 is 0 Å². The van der Waals surface area contributed by atoms with E-state index in [2.05, 4.69) is 37.0 Å². The first-order valence-corrected chi connectivity index (χ1v) is 7.06. The third kappa shape index (κ3) is 1.43. The van der Waals surface area contributed by atoms with Crippen molar-refractivity contribution in [2.45, 2.75) is 25.7 Å². The van der Waals surface area contributed by atoms with Crippen LogP contribution in [-0.2, 0) is 0 Å². The molecule has 88 valence electrons. The Labute approximate surface area is 104 Å². The van der Waals surface area contributed by atoms with E-state index in [4.69, 9.17) is 0 Å². The molecule has 0 N–H and O–H groups in total. The highest BCUT2D eigenvalue weighted by Gasteiger charge is 2.39. The van der Waals surface area contributed by atoms with Crippen LogP contribution in [0.3, 0.4) is 0 Å². The first-order chi connectivity index (χ1) is 8.33. The van der Waals surface area contributed by atoms with Crippen LogP contribution in [0.15, 0.2) is 48.1 Å². The first-order valence-electron chi connectivity index (χ1n) is 7.06. The van der Waals surface area contributed by atoms with Gasteiger partial charge in [0.15, 0.2) is 0 Å². The second-order valence-corrected chi connectivity index (χ2v) is 6.31. The summed E-state index contributed by atoms with van der Waals surface area (Å²) in [6.07, 6.45) is 17.6. The van der Waals surface area contributed by atoms with Crippen molar-refractivity contribution in [1.29, 1.82) is 0 Å². The lowest BCUT2D eigenvalue weighted by Gasteiger charge is -2.18. The van der Waals surface area contributed by atoms with E-state index in [9.17, 15) is 0 Å². The molecule has 0 aromatic rings. The number of rotatable bonds is 2. The summed E-state index contributed by atoms with van der Waals surface area (Å²) >= 11 is 0. The largest absolute Gasteiger partial charge is 0.103 e. The molecular formula is C17H20. The summed E-state index contributed by atoms with van der Waals surface area (Å²) in [4.78, 5) is 0. The van der Waals surface area contributed by atoms with Crippen molar-refractivity contribution in [2.75, 3.05) is 0 Å². The highest BCUT2D eigenvalue weighted by atomic mass is 14.4. The minimum absolute atomic E-state index is 0.766. The zero-order valence-electron chi connectivity index (χ0n) is 10.3. The van der Waals surface area contributed by atoms with E-state index in [-0.39, 0.29) is 0 Å². The van der Waals surface area contributed by atoms with Crippen molar-refractivity contribution in [2.24, 2.45) is 29.6 Å². The number of allylic oxidation sites excluding steroid dienone is 7. The molecule has 2 fully saturated rings. The molecule has 17 heavy (non-hydrogen) atoms. The molecule has 5 atom stereocenters. The van der Waals surface area contributed by atoms with Gasteiger partial charge in [0.2, 0.25) is 0 Å². The van der Waals surface area contributed by atoms with Crippen molar-refractivity contribution in [3.05, 3.63) is 48.1 Å². The van der Waals surface area contributed by atoms with E-state index in [0.717, 1.165) is 29.6 Å². The second kappa shape index (κ2) is 3.48. The molecule has 0 heteroatoms. The third-order valence-electron chi connectivity index (χ3n) is 5.34. The highest BCUT2D eigenvalue weighted by Crippen LogP contribution is 2.50. The quantitative estimate of drug-likeness (QED) is 0.614. The molecule has 0 radical (unpaired) electrons. The van der Waals surface area contributed by atoms with Crippen LogP contribution in [0.1, 0.15) is 25.7 Å². The van der Waals surface area contributed by atoms with Crippen molar-refractivity contribution in [3.63, 3.8) is 0 Å². The molecule has 4 rings (SSSR count). The molecule has 4 aliphatic rings. The van der Waals surface area contributed by atoms with Crippen LogP contribution in [0.4, 0.5) is 0 Å². The van der Waals surface area contributed by atoms with Crippen molar-refractivity contribution in [1.82, 2.24) is 0 Å².